The average Bonchev–Trinajstić information content (AvgIpc) is 3.90. The highest BCUT2D eigenvalue weighted by molar-refractivity contribution is 6.13. The predicted molar refractivity (Wildman–Crippen MR) is 272 cm³/mol. The van der Waals surface area contributed by atoms with Gasteiger partial charge in [0.25, 0.3) is 0 Å². The van der Waals surface area contributed by atoms with Gasteiger partial charge in [0, 0.05) is 21.5 Å². The van der Waals surface area contributed by atoms with Gasteiger partial charge >= 0.3 is 12.4 Å². The summed E-state index contributed by atoms with van der Waals surface area (Å²) in [6.45, 7) is 0. The van der Waals surface area contributed by atoms with Gasteiger partial charge in [-0.1, -0.05) is 158 Å². The van der Waals surface area contributed by atoms with Crippen LogP contribution in [0, 0.1) is 0 Å². The molecule has 0 spiro atoms. The van der Waals surface area contributed by atoms with Crippen LogP contribution in [0.2, 0.25) is 0 Å². The van der Waals surface area contributed by atoms with Gasteiger partial charge in [0.2, 0.25) is 0 Å². The number of hydrogen-bond donors (Lipinski definition) is 0. The number of alkyl halides is 6. The Balaban J connectivity index is 1.09. The third-order valence-electron chi connectivity index (χ3n) is 13.4. The summed E-state index contributed by atoms with van der Waals surface area (Å²) in [5.74, 6) is 0. The quantitative estimate of drug-likeness (QED) is 0.141. The monoisotopic (exact) mass is 924 g/mol. The zero-order valence-corrected chi connectivity index (χ0v) is 37.1. The molecule has 8 heteroatoms. The summed E-state index contributed by atoms with van der Waals surface area (Å²) in [7, 11) is 0. The van der Waals surface area contributed by atoms with E-state index in [0.717, 1.165) is 78.2 Å². The molecule has 2 nitrogen and oxygen atoms in total. The van der Waals surface area contributed by atoms with Crippen molar-refractivity contribution in [2.24, 2.45) is 0 Å². The van der Waals surface area contributed by atoms with Gasteiger partial charge < -0.3 is 9.13 Å². The fourth-order valence-corrected chi connectivity index (χ4v) is 10.1. The minimum atomic E-state index is -4.78. The first-order valence-electron chi connectivity index (χ1n) is 22.8. The molecule has 0 aliphatic carbocycles. The molecule has 0 aliphatic rings. The zero-order chi connectivity index (χ0) is 47.7. The Labute approximate surface area is 398 Å². The number of benzene rings is 10. The van der Waals surface area contributed by atoms with Crippen molar-refractivity contribution in [1.82, 2.24) is 9.13 Å². The molecule has 2 aromatic heterocycles. The third-order valence-corrected chi connectivity index (χ3v) is 13.4. The molecule has 0 saturated heterocycles. The van der Waals surface area contributed by atoms with Gasteiger partial charge in [-0.25, -0.2) is 0 Å². The standard InChI is InChI=1S/C62H38F6N2/c63-61(64,65)53-27-21-47(37-59(53)69-55-29-23-43(39-13-5-1-6-14-39)33-49(55)50-34-44(24-30-56(50)69)40-15-7-2-8-16-40)48-22-28-54(62(66,67)68)60(38-48)70-57-31-25-45(41-17-9-3-10-18-41)35-51(57)52-36-46(26-32-58(52)70)42-19-11-4-12-20-42/h1-38H. The highest BCUT2D eigenvalue weighted by atomic mass is 19.4. The molecule has 0 amide bonds. The minimum absolute atomic E-state index is 0.148. The van der Waals surface area contributed by atoms with Crippen LogP contribution < -0.4 is 0 Å². The summed E-state index contributed by atoms with van der Waals surface area (Å²) >= 11 is 0. The van der Waals surface area contributed by atoms with Gasteiger partial charge in [-0.15, -0.1) is 0 Å². The largest absolute Gasteiger partial charge is 0.418 e. The lowest BCUT2D eigenvalue weighted by molar-refractivity contribution is -0.138. The summed E-state index contributed by atoms with van der Waals surface area (Å²) in [4.78, 5) is 0. The summed E-state index contributed by atoms with van der Waals surface area (Å²) in [6.07, 6.45) is -9.56. The molecular formula is C62H38F6N2. The van der Waals surface area contributed by atoms with Crippen LogP contribution in [0.3, 0.4) is 0 Å². The Morgan fingerprint density at radius 1 is 0.229 bits per heavy atom. The Hall–Kier alpha value is -8.62. The average molecular weight is 925 g/mol. The summed E-state index contributed by atoms with van der Waals surface area (Å²) in [5, 5.41) is 3.01. The normalized spacial score (nSPS) is 12.1. The minimum Gasteiger partial charge on any atom is -0.309 e. The van der Waals surface area contributed by atoms with Crippen LogP contribution in [0.25, 0.3) is 111 Å². The number of nitrogens with zero attached hydrogens (tertiary/aromatic N) is 2. The SMILES string of the molecule is FC(F)(F)c1ccc(-c2ccc(C(F)(F)F)c(-n3c4ccc(-c5ccccc5)cc4c4cc(-c5ccccc5)ccc43)c2)cc1-n1c2ccc(-c3ccccc3)cc2c2cc(-c3ccccc3)ccc21. The van der Waals surface area contributed by atoms with E-state index in [1.165, 1.54) is 24.3 Å². The van der Waals surface area contributed by atoms with Crippen LogP contribution >= 0.6 is 0 Å². The topological polar surface area (TPSA) is 9.86 Å². The summed E-state index contributed by atoms with van der Waals surface area (Å²) < 4.78 is 95.7. The molecule has 0 aliphatic heterocycles. The lowest BCUT2D eigenvalue weighted by atomic mass is 9.98. The van der Waals surface area contributed by atoms with E-state index in [2.05, 4.69) is 0 Å². The third kappa shape index (κ3) is 7.40. The number of hydrogen-bond acceptors (Lipinski definition) is 0. The molecular weight excluding hydrogens is 887 g/mol. The highest BCUT2D eigenvalue weighted by Gasteiger charge is 2.37. The number of aromatic nitrogens is 2. The Morgan fingerprint density at radius 2 is 0.457 bits per heavy atom. The Kier molecular flexibility index (Phi) is 10.1. The van der Waals surface area contributed by atoms with E-state index in [1.54, 1.807) is 9.13 Å². The van der Waals surface area contributed by atoms with E-state index in [-0.39, 0.29) is 11.4 Å². The maximum atomic E-state index is 15.4. The van der Waals surface area contributed by atoms with Gasteiger partial charge in [0.15, 0.2) is 0 Å². The molecule has 0 radical (unpaired) electrons. The summed E-state index contributed by atoms with van der Waals surface area (Å²) in [5.41, 5.74) is 8.18. The van der Waals surface area contributed by atoms with Gasteiger partial charge in [0.1, 0.15) is 0 Å². The van der Waals surface area contributed by atoms with Crippen molar-refractivity contribution in [3.63, 3.8) is 0 Å². The maximum absolute atomic E-state index is 15.4. The highest BCUT2D eigenvalue weighted by Crippen LogP contribution is 2.45. The molecule has 338 valence electrons. The molecule has 12 rings (SSSR count). The smallest absolute Gasteiger partial charge is 0.309 e. The van der Waals surface area contributed by atoms with Crippen molar-refractivity contribution in [3.05, 3.63) is 242 Å². The zero-order valence-electron chi connectivity index (χ0n) is 37.1. The van der Waals surface area contributed by atoms with Crippen LogP contribution in [0.15, 0.2) is 231 Å². The molecule has 0 saturated carbocycles. The molecule has 2 heterocycles. The molecule has 12 aromatic rings. The molecule has 70 heavy (non-hydrogen) atoms. The molecule has 0 atom stereocenters. The van der Waals surface area contributed by atoms with Crippen molar-refractivity contribution >= 4 is 43.6 Å². The number of fused-ring (bicyclic) bond motifs is 6. The van der Waals surface area contributed by atoms with E-state index < -0.39 is 23.5 Å². The first-order valence-corrected chi connectivity index (χ1v) is 22.8. The first-order chi connectivity index (χ1) is 34.0. The first kappa shape index (κ1) is 42.7. The van der Waals surface area contributed by atoms with Crippen LogP contribution in [0.1, 0.15) is 11.1 Å². The maximum Gasteiger partial charge on any atom is 0.418 e. The lowest BCUT2D eigenvalue weighted by Crippen LogP contribution is -2.12. The van der Waals surface area contributed by atoms with E-state index in [1.807, 2.05) is 194 Å². The number of rotatable bonds is 7. The second kappa shape index (κ2) is 16.6. The molecule has 0 unspecified atom stereocenters. The van der Waals surface area contributed by atoms with Crippen LogP contribution in [0.4, 0.5) is 26.3 Å². The molecule has 0 N–H and O–H groups in total. The lowest BCUT2D eigenvalue weighted by Gasteiger charge is -2.20. The number of halogens is 6. The van der Waals surface area contributed by atoms with Gasteiger partial charge in [-0.2, -0.15) is 26.3 Å². The molecule has 0 fully saturated rings. The van der Waals surface area contributed by atoms with Gasteiger partial charge in [-0.3, -0.25) is 0 Å². The van der Waals surface area contributed by atoms with E-state index in [4.69, 9.17) is 0 Å². The Morgan fingerprint density at radius 3 is 0.700 bits per heavy atom. The van der Waals surface area contributed by atoms with E-state index in [9.17, 15) is 0 Å². The molecule has 10 aromatic carbocycles. The van der Waals surface area contributed by atoms with Crippen molar-refractivity contribution < 1.29 is 26.3 Å². The Bertz CT molecular complexity index is 3490. The van der Waals surface area contributed by atoms with Gasteiger partial charge in [-0.05, 0) is 128 Å². The second-order valence-corrected chi connectivity index (χ2v) is 17.5. The van der Waals surface area contributed by atoms with Crippen LogP contribution in [-0.2, 0) is 12.4 Å². The summed E-state index contributed by atoms with van der Waals surface area (Å²) in [6, 6.07) is 69.8. The van der Waals surface area contributed by atoms with E-state index >= 15 is 26.3 Å². The van der Waals surface area contributed by atoms with E-state index in [0.29, 0.717) is 33.2 Å². The fourth-order valence-electron chi connectivity index (χ4n) is 10.1. The van der Waals surface area contributed by atoms with Gasteiger partial charge in [0.05, 0.1) is 44.6 Å². The van der Waals surface area contributed by atoms with Crippen molar-refractivity contribution in [3.8, 4) is 67.0 Å². The predicted octanol–water partition coefficient (Wildman–Crippen LogP) is 18.3. The van der Waals surface area contributed by atoms with Crippen LogP contribution in [-0.4, -0.2) is 9.13 Å². The van der Waals surface area contributed by atoms with Crippen molar-refractivity contribution in [2.45, 2.75) is 12.4 Å². The van der Waals surface area contributed by atoms with Crippen molar-refractivity contribution in [1.29, 1.82) is 0 Å². The second-order valence-electron chi connectivity index (χ2n) is 17.5. The molecule has 0 bridgehead atoms. The van der Waals surface area contributed by atoms with Crippen LogP contribution in [0.5, 0.6) is 0 Å². The fraction of sp³-hybridized carbons (Fsp3) is 0.0323. The van der Waals surface area contributed by atoms with Crippen molar-refractivity contribution in [2.75, 3.05) is 0 Å².